The lowest BCUT2D eigenvalue weighted by molar-refractivity contribution is 0.627. The van der Waals surface area contributed by atoms with Crippen molar-refractivity contribution in [1.82, 2.24) is 14.9 Å². The first-order valence-electron chi connectivity index (χ1n) is 6.05. The van der Waals surface area contributed by atoms with Gasteiger partial charge in [0.2, 0.25) is 0 Å². The van der Waals surface area contributed by atoms with Crippen LogP contribution >= 0.6 is 0 Å². The van der Waals surface area contributed by atoms with E-state index in [1.807, 2.05) is 18.5 Å². The van der Waals surface area contributed by atoms with E-state index < -0.39 is 0 Å². The predicted octanol–water partition coefficient (Wildman–Crippen LogP) is 2.50. The molecule has 3 heteroatoms. The maximum atomic E-state index is 4.15. The standard InChI is InChI=1S/C14H19N3/c1-3-17-8-4-5-14(17)11-16-10-13-9-15-7-6-12(13)2/h4-9,16H,3,10-11H2,1-2H3. The molecule has 0 aliphatic carbocycles. The van der Waals surface area contributed by atoms with E-state index in [1.165, 1.54) is 16.8 Å². The van der Waals surface area contributed by atoms with E-state index in [9.17, 15) is 0 Å². The summed E-state index contributed by atoms with van der Waals surface area (Å²) in [4.78, 5) is 4.15. The van der Waals surface area contributed by atoms with Crippen molar-refractivity contribution < 1.29 is 0 Å². The third-order valence-electron chi connectivity index (χ3n) is 3.03. The number of pyridine rings is 1. The zero-order valence-electron chi connectivity index (χ0n) is 10.5. The van der Waals surface area contributed by atoms with Crippen LogP contribution in [0.2, 0.25) is 0 Å². The minimum absolute atomic E-state index is 0.870. The lowest BCUT2D eigenvalue weighted by Gasteiger charge is -2.09. The molecule has 17 heavy (non-hydrogen) atoms. The zero-order valence-corrected chi connectivity index (χ0v) is 10.5. The summed E-state index contributed by atoms with van der Waals surface area (Å²) < 4.78 is 2.25. The molecule has 0 aromatic carbocycles. The molecule has 2 heterocycles. The van der Waals surface area contributed by atoms with Gasteiger partial charge in [0.1, 0.15) is 0 Å². The predicted molar refractivity (Wildman–Crippen MR) is 69.6 cm³/mol. The lowest BCUT2D eigenvalue weighted by atomic mass is 10.1. The van der Waals surface area contributed by atoms with Crippen LogP contribution in [0.3, 0.4) is 0 Å². The highest BCUT2D eigenvalue weighted by molar-refractivity contribution is 5.21. The number of nitrogens with zero attached hydrogens (tertiary/aromatic N) is 2. The van der Waals surface area contributed by atoms with Crippen molar-refractivity contribution >= 4 is 0 Å². The van der Waals surface area contributed by atoms with E-state index in [0.29, 0.717) is 0 Å². The highest BCUT2D eigenvalue weighted by atomic mass is 15.0. The number of aromatic nitrogens is 2. The monoisotopic (exact) mass is 229 g/mol. The number of hydrogen-bond acceptors (Lipinski definition) is 2. The average Bonchev–Trinajstić information content (AvgIpc) is 2.79. The molecule has 2 aromatic heterocycles. The van der Waals surface area contributed by atoms with Gasteiger partial charge >= 0.3 is 0 Å². The molecule has 2 rings (SSSR count). The number of hydrogen-bond donors (Lipinski definition) is 1. The molecule has 0 radical (unpaired) electrons. The van der Waals surface area contributed by atoms with E-state index in [1.54, 1.807) is 0 Å². The summed E-state index contributed by atoms with van der Waals surface area (Å²) in [5, 5.41) is 3.46. The lowest BCUT2D eigenvalue weighted by Crippen LogP contribution is -2.16. The topological polar surface area (TPSA) is 29.9 Å². The van der Waals surface area contributed by atoms with Crippen LogP contribution in [0.5, 0.6) is 0 Å². The third-order valence-corrected chi connectivity index (χ3v) is 3.03. The molecule has 0 aliphatic rings. The molecule has 90 valence electrons. The van der Waals surface area contributed by atoms with Crippen LogP contribution in [0.25, 0.3) is 0 Å². The summed E-state index contributed by atoms with van der Waals surface area (Å²) in [7, 11) is 0. The summed E-state index contributed by atoms with van der Waals surface area (Å²) in [5.74, 6) is 0. The second-order valence-electron chi connectivity index (χ2n) is 4.19. The molecule has 1 N–H and O–H groups in total. The van der Waals surface area contributed by atoms with Gasteiger partial charge < -0.3 is 9.88 Å². The highest BCUT2D eigenvalue weighted by Crippen LogP contribution is 2.06. The van der Waals surface area contributed by atoms with Gasteiger partial charge in [-0.15, -0.1) is 0 Å². The molecule has 0 atom stereocenters. The van der Waals surface area contributed by atoms with Gasteiger partial charge in [-0.25, -0.2) is 0 Å². The van der Waals surface area contributed by atoms with E-state index in [4.69, 9.17) is 0 Å². The SMILES string of the molecule is CCn1cccc1CNCc1cnccc1C. The molecule has 0 bridgehead atoms. The number of aryl methyl sites for hydroxylation is 2. The number of rotatable bonds is 5. The maximum Gasteiger partial charge on any atom is 0.0362 e. The Morgan fingerprint density at radius 3 is 2.94 bits per heavy atom. The van der Waals surface area contributed by atoms with E-state index in [2.05, 4.69) is 47.0 Å². The van der Waals surface area contributed by atoms with Crippen molar-refractivity contribution in [2.45, 2.75) is 33.5 Å². The molecule has 0 saturated carbocycles. The molecule has 0 amide bonds. The van der Waals surface area contributed by atoms with Crippen LogP contribution < -0.4 is 5.32 Å². The summed E-state index contributed by atoms with van der Waals surface area (Å²) >= 11 is 0. The molecule has 0 fully saturated rings. The summed E-state index contributed by atoms with van der Waals surface area (Å²) in [5.41, 5.74) is 3.88. The van der Waals surface area contributed by atoms with E-state index >= 15 is 0 Å². The number of nitrogens with one attached hydrogen (secondary N) is 1. The Labute approximate surface area is 103 Å². The van der Waals surface area contributed by atoms with Gasteiger partial charge in [-0.2, -0.15) is 0 Å². The minimum atomic E-state index is 0.870. The van der Waals surface area contributed by atoms with Crippen molar-refractivity contribution in [3.05, 3.63) is 53.6 Å². The van der Waals surface area contributed by atoms with Crippen molar-refractivity contribution in [2.24, 2.45) is 0 Å². The van der Waals surface area contributed by atoms with Crippen molar-refractivity contribution in [3.63, 3.8) is 0 Å². The quantitative estimate of drug-likeness (QED) is 0.853. The van der Waals surface area contributed by atoms with Crippen molar-refractivity contribution in [1.29, 1.82) is 0 Å². The van der Waals surface area contributed by atoms with Crippen LogP contribution in [0.15, 0.2) is 36.8 Å². The van der Waals surface area contributed by atoms with E-state index in [-0.39, 0.29) is 0 Å². The van der Waals surface area contributed by atoms with Gasteiger partial charge in [0.15, 0.2) is 0 Å². The Morgan fingerprint density at radius 2 is 2.18 bits per heavy atom. The van der Waals surface area contributed by atoms with Crippen molar-refractivity contribution in [2.75, 3.05) is 0 Å². The Balaban J connectivity index is 1.90. The minimum Gasteiger partial charge on any atom is -0.351 e. The highest BCUT2D eigenvalue weighted by Gasteiger charge is 2.00. The van der Waals surface area contributed by atoms with Crippen molar-refractivity contribution in [3.8, 4) is 0 Å². The average molecular weight is 229 g/mol. The normalized spacial score (nSPS) is 10.7. The molecule has 0 spiro atoms. The smallest absolute Gasteiger partial charge is 0.0362 e. The first-order valence-corrected chi connectivity index (χ1v) is 6.05. The third kappa shape index (κ3) is 2.94. The molecule has 2 aromatic rings. The molecule has 3 nitrogen and oxygen atoms in total. The first-order chi connectivity index (χ1) is 8.31. The summed E-state index contributed by atoms with van der Waals surface area (Å²) in [6.45, 7) is 7.07. The Kier molecular flexibility index (Phi) is 3.94. The van der Waals surface area contributed by atoms with Gasteiger partial charge in [-0.3, -0.25) is 4.98 Å². The largest absolute Gasteiger partial charge is 0.351 e. The second kappa shape index (κ2) is 5.64. The fourth-order valence-electron chi connectivity index (χ4n) is 1.93. The van der Waals surface area contributed by atoms with Crippen LogP contribution in [0, 0.1) is 6.92 Å². The maximum absolute atomic E-state index is 4.15. The molecule has 0 saturated heterocycles. The van der Waals surface area contributed by atoms with Gasteiger partial charge in [0, 0.05) is 43.9 Å². The summed E-state index contributed by atoms with van der Waals surface area (Å²) in [6, 6.07) is 6.30. The molecular formula is C14H19N3. The fourth-order valence-corrected chi connectivity index (χ4v) is 1.93. The fraction of sp³-hybridized carbons (Fsp3) is 0.357. The molecular weight excluding hydrogens is 210 g/mol. The van der Waals surface area contributed by atoms with Crippen LogP contribution in [-0.2, 0) is 19.6 Å². The van der Waals surface area contributed by atoms with Crippen LogP contribution in [-0.4, -0.2) is 9.55 Å². The Bertz CT molecular complexity index is 474. The molecule has 0 unspecified atom stereocenters. The van der Waals surface area contributed by atoms with Crippen LogP contribution in [0.1, 0.15) is 23.7 Å². The van der Waals surface area contributed by atoms with Gasteiger partial charge in [0.05, 0.1) is 0 Å². The van der Waals surface area contributed by atoms with E-state index in [0.717, 1.165) is 19.6 Å². The first kappa shape index (κ1) is 11.9. The van der Waals surface area contributed by atoms with Gasteiger partial charge in [-0.1, -0.05) is 0 Å². The van der Waals surface area contributed by atoms with Gasteiger partial charge in [0.25, 0.3) is 0 Å². The zero-order chi connectivity index (χ0) is 12.1. The van der Waals surface area contributed by atoms with Crippen LogP contribution in [0.4, 0.5) is 0 Å². The summed E-state index contributed by atoms with van der Waals surface area (Å²) in [6.07, 6.45) is 5.88. The second-order valence-corrected chi connectivity index (χ2v) is 4.19. The Morgan fingerprint density at radius 1 is 1.29 bits per heavy atom. The Hall–Kier alpha value is -1.61. The molecule has 0 aliphatic heterocycles. The van der Waals surface area contributed by atoms with Gasteiger partial charge in [-0.05, 0) is 43.2 Å².